The molecule has 4 rings (SSSR count). The molecular formula is C21H19N3O2S. The summed E-state index contributed by atoms with van der Waals surface area (Å²) in [4.78, 5) is 13.0. The molecule has 1 amide bonds. The van der Waals surface area contributed by atoms with Crippen LogP contribution in [-0.4, -0.2) is 21.7 Å². The molecule has 0 spiro atoms. The summed E-state index contributed by atoms with van der Waals surface area (Å²) in [5.41, 5.74) is 3.15. The number of hydrogen-bond acceptors (Lipinski definition) is 4. The van der Waals surface area contributed by atoms with Gasteiger partial charge in [-0.15, -0.1) is 0 Å². The van der Waals surface area contributed by atoms with Crippen molar-refractivity contribution in [1.29, 1.82) is 0 Å². The number of carbonyl (C=O) groups is 1. The lowest BCUT2D eigenvalue weighted by Gasteiger charge is -2.14. The monoisotopic (exact) mass is 377 g/mol. The molecule has 0 bridgehead atoms. The number of hydrogen-bond donors (Lipinski definition) is 1. The fourth-order valence-corrected chi connectivity index (χ4v) is 3.65. The van der Waals surface area contributed by atoms with Gasteiger partial charge in [0.05, 0.1) is 12.0 Å². The van der Waals surface area contributed by atoms with E-state index in [1.54, 1.807) is 34.4 Å². The van der Waals surface area contributed by atoms with Gasteiger partial charge in [-0.2, -0.15) is 16.4 Å². The SMILES string of the molecule is CC(Cc1ccsc1)NC(=O)c1cc(-c2ccco2)nn1-c1ccccc1. The van der Waals surface area contributed by atoms with Crippen LogP contribution in [0.5, 0.6) is 0 Å². The van der Waals surface area contributed by atoms with Crippen molar-refractivity contribution in [3.8, 4) is 17.1 Å². The predicted molar refractivity (Wildman–Crippen MR) is 106 cm³/mol. The number of benzene rings is 1. The van der Waals surface area contributed by atoms with Crippen LogP contribution in [-0.2, 0) is 6.42 Å². The lowest BCUT2D eigenvalue weighted by atomic mass is 10.1. The Morgan fingerprint density at radius 3 is 2.78 bits per heavy atom. The van der Waals surface area contributed by atoms with Crippen LogP contribution in [0, 0.1) is 0 Å². The number of thiophene rings is 1. The van der Waals surface area contributed by atoms with Gasteiger partial charge in [-0.1, -0.05) is 18.2 Å². The minimum atomic E-state index is -0.160. The van der Waals surface area contributed by atoms with Crippen LogP contribution < -0.4 is 5.32 Å². The summed E-state index contributed by atoms with van der Waals surface area (Å²) in [6, 6.07) is 17.1. The summed E-state index contributed by atoms with van der Waals surface area (Å²) in [6.45, 7) is 2.01. The Labute approximate surface area is 161 Å². The number of nitrogens with one attached hydrogen (secondary N) is 1. The highest BCUT2D eigenvalue weighted by molar-refractivity contribution is 7.07. The normalized spacial score (nSPS) is 12.0. The van der Waals surface area contributed by atoms with Gasteiger partial charge < -0.3 is 9.73 Å². The van der Waals surface area contributed by atoms with Crippen molar-refractivity contribution in [3.05, 3.63) is 82.9 Å². The Bertz CT molecular complexity index is 1010. The maximum Gasteiger partial charge on any atom is 0.270 e. The molecule has 5 nitrogen and oxygen atoms in total. The van der Waals surface area contributed by atoms with Gasteiger partial charge in [0.1, 0.15) is 11.4 Å². The van der Waals surface area contributed by atoms with E-state index in [-0.39, 0.29) is 11.9 Å². The van der Waals surface area contributed by atoms with Crippen LogP contribution in [0.1, 0.15) is 23.0 Å². The van der Waals surface area contributed by atoms with Crippen molar-refractivity contribution in [2.24, 2.45) is 0 Å². The van der Waals surface area contributed by atoms with E-state index in [0.29, 0.717) is 17.1 Å². The third kappa shape index (κ3) is 3.85. The molecule has 3 aromatic heterocycles. The average molecular weight is 377 g/mol. The minimum absolute atomic E-state index is 0.0123. The Morgan fingerprint density at radius 2 is 2.07 bits per heavy atom. The fraction of sp³-hybridized carbons (Fsp3) is 0.143. The highest BCUT2D eigenvalue weighted by Gasteiger charge is 2.20. The first-order chi connectivity index (χ1) is 13.2. The summed E-state index contributed by atoms with van der Waals surface area (Å²) in [5, 5.41) is 11.8. The van der Waals surface area contributed by atoms with E-state index in [0.717, 1.165) is 12.1 Å². The number of nitrogens with zero attached hydrogens (tertiary/aromatic N) is 2. The molecule has 0 radical (unpaired) electrons. The summed E-state index contributed by atoms with van der Waals surface area (Å²) >= 11 is 1.66. The van der Waals surface area contributed by atoms with Crippen LogP contribution in [0.15, 0.2) is 76.0 Å². The van der Waals surface area contributed by atoms with Crippen molar-refractivity contribution in [2.45, 2.75) is 19.4 Å². The molecule has 1 atom stereocenters. The van der Waals surface area contributed by atoms with E-state index in [9.17, 15) is 4.79 Å². The van der Waals surface area contributed by atoms with Crippen molar-refractivity contribution in [1.82, 2.24) is 15.1 Å². The summed E-state index contributed by atoms with van der Waals surface area (Å²) in [5.74, 6) is 0.469. The highest BCUT2D eigenvalue weighted by atomic mass is 32.1. The second-order valence-electron chi connectivity index (χ2n) is 6.35. The maximum absolute atomic E-state index is 13.0. The number of carbonyl (C=O) groups excluding carboxylic acids is 1. The number of amides is 1. The van der Waals surface area contributed by atoms with Gasteiger partial charge in [0, 0.05) is 12.1 Å². The van der Waals surface area contributed by atoms with Gasteiger partial charge in [0.25, 0.3) is 5.91 Å². The number of furan rings is 1. The van der Waals surface area contributed by atoms with E-state index in [2.05, 4.69) is 21.9 Å². The fourth-order valence-electron chi connectivity index (χ4n) is 2.96. The van der Waals surface area contributed by atoms with Crippen molar-refractivity contribution in [3.63, 3.8) is 0 Å². The van der Waals surface area contributed by atoms with Gasteiger partial charge in [-0.3, -0.25) is 4.79 Å². The molecule has 0 saturated heterocycles. The van der Waals surface area contributed by atoms with Gasteiger partial charge in [-0.05, 0) is 60.0 Å². The Balaban J connectivity index is 1.63. The van der Waals surface area contributed by atoms with E-state index in [4.69, 9.17) is 4.42 Å². The summed E-state index contributed by atoms with van der Waals surface area (Å²) in [6.07, 6.45) is 2.39. The van der Waals surface area contributed by atoms with Crippen molar-refractivity contribution in [2.75, 3.05) is 0 Å². The van der Waals surface area contributed by atoms with Crippen LogP contribution in [0.2, 0.25) is 0 Å². The lowest BCUT2D eigenvalue weighted by molar-refractivity contribution is 0.0932. The standard InChI is InChI=1S/C21H19N3O2S/c1-15(12-16-9-11-27-14-16)22-21(25)19-13-18(20-8-5-10-26-20)23-24(19)17-6-3-2-4-7-17/h2-11,13-15H,12H2,1H3,(H,22,25). The highest BCUT2D eigenvalue weighted by Crippen LogP contribution is 2.22. The molecule has 136 valence electrons. The smallest absolute Gasteiger partial charge is 0.270 e. The second-order valence-corrected chi connectivity index (χ2v) is 7.13. The molecule has 1 N–H and O–H groups in total. The zero-order valence-corrected chi connectivity index (χ0v) is 15.6. The van der Waals surface area contributed by atoms with E-state index < -0.39 is 0 Å². The van der Waals surface area contributed by atoms with Gasteiger partial charge >= 0.3 is 0 Å². The molecule has 0 aliphatic carbocycles. The number of rotatable bonds is 6. The topological polar surface area (TPSA) is 60.1 Å². The zero-order valence-electron chi connectivity index (χ0n) is 14.8. The first-order valence-corrected chi connectivity index (χ1v) is 9.66. The quantitative estimate of drug-likeness (QED) is 0.536. The van der Waals surface area contributed by atoms with Crippen LogP contribution in [0.3, 0.4) is 0 Å². The van der Waals surface area contributed by atoms with E-state index >= 15 is 0 Å². The largest absolute Gasteiger partial charge is 0.463 e. The van der Waals surface area contributed by atoms with Crippen LogP contribution >= 0.6 is 11.3 Å². The second kappa shape index (κ2) is 7.63. The van der Waals surface area contributed by atoms with E-state index in [1.807, 2.05) is 48.7 Å². The molecule has 4 aromatic rings. The van der Waals surface area contributed by atoms with Crippen molar-refractivity contribution < 1.29 is 9.21 Å². The molecular weight excluding hydrogens is 358 g/mol. The maximum atomic E-state index is 13.0. The third-order valence-electron chi connectivity index (χ3n) is 4.22. The molecule has 6 heteroatoms. The van der Waals surface area contributed by atoms with Crippen LogP contribution in [0.4, 0.5) is 0 Å². The van der Waals surface area contributed by atoms with Crippen LogP contribution in [0.25, 0.3) is 17.1 Å². The predicted octanol–water partition coefficient (Wildman–Crippen LogP) is 4.55. The summed E-state index contributed by atoms with van der Waals surface area (Å²) < 4.78 is 7.11. The molecule has 0 saturated carbocycles. The molecule has 1 unspecified atom stereocenters. The number of para-hydroxylation sites is 1. The summed E-state index contributed by atoms with van der Waals surface area (Å²) in [7, 11) is 0. The third-order valence-corrected chi connectivity index (χ3v) is 4.95. The van der Waals surface area contributed by atoms with Gasteiger partial charge in [-0.25, -0.2) is 4.68 Å². The minimum Gasteiger partial charge on any atom is -0.463 e. The molecule has 0 aliphatic heterocycles. The van der Waals surface area contributed by atoms with Crippen molar-refractivity contribution >= 4 is 17.2 Å². The molecule has 0 fully saturated rings. The average Bonchev–Trinajstić information content (AvgIpc) is 3.43. The zero-order chi connectivity index (χ0) is 18.6. The molecule has 1 aromatic carbocycles. The first-order valence-electron chi connectivity index (χ1n) is 8.72. The Morgan fingerprint density at radius 1 is 1.22 bits per heavy atom. The Hall–Kier alpha value is -3.12. The van der Waals surface area contributed by atoms with E-state index in [1.165, 1.54) is 5.56 Å². The number of aromatic nitrogens is 2. The first kappa shape index (κ1) is 17.3. The molecule has 3 heterocycles. The molecule has 27 heavy (non-hydrogen) atoms. The van der Waals surface area contributed by atoms with Gasteiger partial charge in [0.15, 0.2) is 5.76 Å². The van der Waals surface area contributed by atoms with Gasteiger partial charge in [0.2, 0.25) is 0 Å². The lowest BCUT2D eigenvalue weighted by Crippen LogP contribution is -2.35. The molecule has 0 aliphatic rings. The Kier molecular flexibility index (Phi) is 4.89.